The first-order chi connectivity index (χ1) is 13.7. The number of rotatable bonds is 5. The Bertz CT molecular complexity index is 644. The van der Waals surface area contributed by atoms with Crippen molar-refractivity contribution in [2.45, 2.75) is 64.3 Å². The summed E-state index contributed by atoms with van der Waals surface area (Å²) in [5, 5.41) is 5.71. The summed E-state index contributed by atoms with van der Waals surface area (Å²) in [7, 11) is 3.64. The molecule has 29 heavy (non-hydrogen) atoms. The van der Waals surface area contributed by atoms with Crippen molar-refractivity contribution >= 4 is 17.7 Å². The van der Waals surface area contributed by atoms with Gasteiger partial charge in [-0.2, -0.15) is 0 Å². The lowest BCUT2D eigenvalue weighted by atomic mass is 9.64. The number of nitrogens with zero attached hydrogens (tertiary/aromatic N) is 2. The second-order valence-corrected chi connectivity index (χ2v) is 9.82. The first-order valence-corrected chi connectivity index (χ1v) is 11.2. The number of carbonyl (C=O) groups excluding carboxylic acids is 3. The Morgan fingerprint density at radius 3 is 2.52 bits per heavy atom. The molecule has 3 aliphatic rings. The number of likely N-dealkylation sites (tertiary alicyclic amines) is 2. The molecule has 7 nitrogen and oxygen atoms in total. The molecule has 1 saturated carbocycles. The number of hydrogen-bond donors (Lipinski definition) is 2. The molecule has 0 aromatic carbocycles. The number of carbonyl (C=O) groups is 3. The zero-order valence-electron chi connectivity index (χ0n) is 18.6. The monoisotopic (exact) mass is 406 g/mol. The van der Waals surface area contributed by atoms with Gasteiger partial charge in [-0.3, -0.25) is 14.4 Å². The second kappa shape index (κ2) is 8.62. The van der Waals surface area contributed by atoms with Gasteiger partial charge in [0.05, 0.1) is 17.5 Å². The van der Waals surface area contributed by atoms with Crippen LogP contribution in [-0.2, 0) is 14.4 Å². The molecule has 0 radical (unpaired) electrons. The van der Waals surface area contributed by atoms with Crippen molar-refractivity contribution in [2.75, 3.05) is 40.3 Å². The van der Waals surface area contributed by atoms with Crippen LogP contribution in [0, 0.1) is 17.3 Å². The van der Waals surface area contributed by atoms with Crippen molar-refractivity contribution in [2.24, 2.45) is 17.3 Å². The van der Waals surface area contributed by atoms with Crippen LogP contribution in [0.4, 0.5) is 0 Å². The zero-order valence-corrected chi connectivity index (χ0v) is 18.6. The van der Waals surface area contributed by atoms with Gasteiger partial charge in [0.2, 0.25) is 17.7 Å². The van der Waals surface area contributed by atoms with E-state index in [0.29, 0.717) is 24.9 Å². The van der Waals surface area contributed by atoms with Crippen molar-refractivity contribution in [1.82, 2.24) is 20.4 Å². The lowest BCUT2D eigenvalue weighted by Gasteiger charge is -2.45. The van der Waals surface area contributed by atoms with E-state index in [-0.39, 0.29) is 24.3 Å². The molecule has 7 heteroatoms. The summed E-state index contributed by atoms with van der Waals surface area (Å²) in [6.07, 6.45) is 7.95. The van der Waals surface area contributed by atoms with Crippen LogP contribution >= 0.6 is 0 Å². The van der Waals surface area contributed by atoms with Crippen molar-refractivity contribution in [3.05, 3.63) is 0 Å². The highest BCUT2D eigenvalue weighted by Crippen LogP contribution is 2.50. The fraction of sp³-hybridized carbons (Fsp3) is 0.864. The average molecular weight is 407 g/mol. The van der Waals surface area contributed by atoms with Gasteiger partial charge in [0, 0.05) is 26.7 Å². The van der Waals surface area contributed by atoms with Crippen LogP contribution in [0.15, 0.2) is 0 Å². The molecule has 1 aliphatic carbocycles. The summed E-state index contributed by atoms with van der Waals surface area (Å²) in [5.41, 5.74) is -1.15. The quantitative estimate of drug-likeness (QED) is 0.723. The summed E-state index contributed by atoms with van der Waals surface area (Å²) >= 11 is 0. The van der Waals surface area contributed by atoms with Crippen molar-refractivity contribution in [3.63, 3.8) is 0 Å². The van der Waals surface area contributed by atoms with Gasteiger partial charge < -0.3 is 20.4 Å². The Morgan fingerprint density at radius 1 is 1.17 bits per heavy atom. The minimum atomic E-state index is -0.723. The maximum Gasteiger partial charge on any atom is 0.241 e. The molecule has 0 aromatic heterocycles. The fourth-order valence-electron chi connectivity index (χ4n) is 5.60. The number of amides is 3. The average Bonchev–Trinajstić information content (AvgIpc) is 2.97. The van der Waals surface area contributed by atoms with Gasteiger partial charge in [0.1, 0.15) is 0 Å². The van der Waals surface area contributed by atoms with Crippen LogP contribution < -0.4 is 10.6 Å². The largest absolute Gasteiger partial charge is 0.345 e. The van der Waals surface area contributed by atoms with Gasteiger partial charge in [0.15, 0.2) is 0 Å². The van der Waals surface area contributed by atoms with E-state index >= 15 is 0 Å². The highest BCUT2D eigenvalue weighted by atomic mass is 16.2. The summed E-state index contributed by atoms with van der Waals surface area (Å²) in [6.45, 7) is 5.54. The number of nitrogens with one attached hydrogen (secondary N) is 2. The van der Waals surface area contributed by atoms with E-state index in [9.17, 15) is 14.4 Å². The number of piperidine rings is 1. The van der Waals surface area contributed by atoms with Crippen molar-refractivity contribution < 1.29 is 14.4 Å². The third-order valence-corrected chi connectivity index (χ3v) is 7.64. The van der Waals surface area contributed by atoms with Crippen LogP contribution in [-0.4, -0.2) is 73.3 Å². The molecule has 3 amide bonds. The predicted molar refractivity (Wildman–Crippen MR) is 112 cm³/mol. The van der Waals surface area contributed by atoms with E-state index in [1.807, 2.05) is 16.8 Å². The standard InChI is InChI=1S/C22H38N4O3/c1-21(2,23-3)19(28)24-13-18(27)26-12-8-11-22(15-26)17(14-25(4)20(22)29)16-9-6-5-7-10-16/h16-17,23H,5-15H2,1-4H3,(H,24,28). The van der Waals surface area contributed by atoms with Crippen LogP contribution in [0.5, 0.6) is 0 Å². The topological polar surface area (TPSA) is 81.8 Å². The first-order valence-electron chi connectivity index (χ1n) is 11.2. The summed E-state index contributed by atoms with van der Waals surface area (Å²) in [5.74, 6) is 0.856. The van der Waals surface area contributed by atoms with Crippen LogP contribution in [0.2, 0.25) is 0 Å². The van der Waals surface area contributed by atoms with Gasteiger partial charge in [-0.05, 0) is 45.6 Å². The molecule has 2 heterocycles. The normalized spacial score (nSPS) is 28.8. The molecule has 2 saturated heterocycles. The third-order valence-electron chi connectivity index (χ3n) is 7.64. The first kappa shape index (κ1) is 22.1. The number of likely N-dealkylation sites (N-methyl/N-ethyl adjacent to an activating group) is 1. The van der Waals surface area contributed by atoms with Crippen LogP contribution in [0.25, 0.3) is 0 Å². The molecule has 0 bridgehead atoms. The van der Waals surface area contributed by atoms with E-state index in [0.717, 1.165) is 19.4 Å². The van der Waals surface area contributed by atoms with Gasteiger partial charge in [0.25, 0.3) is 0 Å². The Kier molecular flexibility index (Phi) is 6.56. The highest BCUT2D eigenvalue weighted by molar-refractivity contribution is 5.90. The molecule has 2 aliphatic heterocycles. The van der Waals surface area contributed by atoms with E-state index in [1.54, 1.807) is 20.9 Å². The molecule has 2 atom stereocenters. The molecule has 2 N–H and O–H groups in total. The predicted octanol–water partition coefficient (Wildman–Crippen LogP) is 1.38. The summed E-state index contributed by atoms with van der Waals surface area (Å²) < 4.78 is 0. The van der Waals surface area contributed by atoms with Crippen LogP contribution in [0.1, 0.15) is 58.8 Å². The molecule has 3 fully saturated rings. The molecular formula is C22H38N4O3. The summed E-state index contributed by atoms with van der Waals surface area (Å²) in [6, 6.07) is 0. The van der Waals surface area contributed by atoms with Gasteiger partial charge in [-0.15, -0.1) is 0 Å². The van der Waals surface area contributed by atoms with Gasteiger partial charge in [-0.1, -0.05) is 32.1 Å². The van der Waals surface area contributed by atoms with Crippen molar-refractivity contribution in [1.29, 1.82) is 0 Å². The third kappa shape index (κ3) is 4.30. The second-order valence-electron chi connectivity index (χ2n) is 9.82. The Hall–Kier alpha value is -1.63. The molecular weight excluding hydrogens is 368 g/mol. The minimum absolute atomic E-state index is 0.0157. The molecule has 2 unspecified atom stereocenters. The maximum absolute atomic E-state index is 13.2. The molecule has 3 rings (SSSR count). The van der Waals surface area contributed by atoms with Crippen molar-refractivity contribution in [3.8, 4) is 0 Å². The number of hydrogen-bond acceptors (Lipinski definition) is 4. The smallest absolute Gasteiger partial charge is 0.241 e. The lowest BCUT2D eigenvalue weighted by Crippen LogP contribution is -2.56. The van der Waals surface area contributed by atoms with Crippen LogP contribution in [0.3, 0.4) is 0 Å². The SMILES string of the molecule is CNC(C)(C)C(=O)NCC(=O)N1CCCC2(C1)C(=O)N(C)CC2C1CCCCC1. The van der Waals surface area contributed by atoms with Gasteiger partial charge in [-0.25, -0.2) is 0 Å². The maximum atomic E-state index is 13.2. The van der Waals surface area contributed by atoms with E-state index in [1.165, 1.54) is 32.1 Å². The molecule has 164 valence electrons. The summed E-state index contributed by atoms with van der Waals surface area (Å²) in [4.78, 5) is 42.1. The Labute approximate surface area is 174 Å². The molecule has 1 spiro atoms. The van der Waals surface area contributed by atoms with E-state index < -0.39 is 11.0 Å². The Morgan fingerprint density at radius 2 is 1.86 bits per heavy atom. The van der Waals surface area contributed by atoms with E-state index in [2.05, 4.69) is 10.6 Å². The zero-order chi connectivity index (χ0) is 21.2. The lowest BCUT2D eigenvalue weighted by molar-refractivity contribution is -0.145. The van der Waals surface area contributed by atoms with Gasteiger partial charge >= 0.3 is 0 Å². The Balaban J connectivity index is 1.69. The van der Waals surface area contributed by atoms with E-state index in [4.69, 9.17) is 0 Å². The molecule has 0 aromatic rings. The highest BCUT2D eigenvalue weighted by Gasteiger charge is 2.57. The fourth-order valence-corrected chi connectivity index (χ4v) is 5.60. The minimum Gasteiger partial charge on any atom is -0.345 e.